The molecule has 1 aromatic carbocycles. The fourth-order valence-electron chi connectivity index (χ4n) is 2.20. The highest BCUT2D eigenvalue weighted by molar-refractivity contribution is 5.95. The van der Waals surface area contributed by atoms with Crippen LogP contribution in [0.4, 0.5) is 5.69 Å². The summed E-state index contributed by atoms with van der Waals surface area (Å²) in [6.07, 6.45) is 1.04. The number of hydrogen-bond donors (Lipinski definition) is 1. The first kappa shape index (κ1) is 11.9. The molecule has 1 heterocycles. The van der Waals surface area contributed by atoms with E-state index >= 15 is 0 Å². The molecule has 2 N–H and O–H groups in total. The van der Waals surface area contributed by atoms with Crippen molar-refractivity contribution in [2.75, 3.05) is 32.9 Å². The van der Waals surface area contributed by atoms with E-state index in [4.69, 9.17) is 5.73 Å². The molecule has 1 amide bonds. The number of carbonyl (C=O) groups excluding carboxylic acids is 1. The van der Waals surface area contributed by atoms with Crippen LogP contribution in [0.2, 0.25) is 0 Å². The van der Waals surface area contributed by atoms with E-state index in [1.165, 1.54) is 0 Å². The van der Waals surface area contributed by atoms with E-state index in [1.807, 2.05) is 17.0 Å². The number of likely N-dealkylation sites (N-methyl/N-ethyl adjacent to an activating group) is 1. The minimum Gasteiger partial charge on any atom is -0.399 e. The van der Waals surface area contributed by atoms with Gasteiger partial charge in [0.2, 0.25) is 0 Å². The lowest BCUT2D eigenvalue weighted by molar-refractivity contribution is 0.0783. The Morgan fingerprint density at radius 2 is 2.24 bits per heavy atom. The van der Waals surface area contributed by atoms with Crippen molar-refractivity contribution in [3.63, 3.8) is 0 Å². The third-order valence-electron chi connectivity index (χ3n) is 3.31. The van der Waals surface area contributed by atoms with Gasteiger partial charge in [-0.1, -0.05) is 6.07 Å². The summed E-state index contributed by atoms with van der Waals surface area (Å²) in [6, 6.07) is 7.65. The Bertz CT molecular complexity index is 417. The normalized spacial score (nSPS) is 19.9. The SMILES string of the molecule is CN(C)C1CCN(C(=O)c2cccc(N)c2)C1. The molecular formula is C13H19N3O. The first-order chi connectivity index (χ1) is 8.08. The van der Waals surface area contributed by atoms with Crippen molar-refractivity contribution >= 4 is 11.6 Å². The van der Waals surface area contributed by atoms with Crippen molar-refractivity contribution in [3.05, 3.63) is 29.8 Å². The zero-order chi connectivity index (χ0) is 12.4. The van der Waals surface area contributed by atoms with Crippen molar-refractivity contribution < 1.29 is 4.79 Å². The van der Waals surface area contributed by atoms with Gasteiger partial charge in [-0.2, -0.15) is 0 Å². The molecule has 0 saturated carbocycles. The van der Waals surface area contributed by atoms with Crippen molar-refractivity contribution in [1.82, 2.24) is 9.80 Å². The van der Waals surface area contributed by atoms with Gasteiger partial charge in [-0.3, -0.25) is 4.79 Å². The van der Waals surface area contributed by atoms with Gasteiger partial charge < -0.3 is 15.5 Å². The second kappa shape index (κ2) is 4.75. The Labute approximate surface area is 102 Å². The summed E-state index contributed by atoms with van der Waals surface area (Å²) < 4.78 is 0. The van der Waals surface area contributed by atoms with Crippen molar-refractivity contribution in [3.8, 4) is 0 Å². The van der Waals surface area contributed by atoms with Crippen LogP contribution >= 0.6 is 0 Å². The summed E-state index contributed by atoms with van der Waals surface area (Å²) in [6.45, 7) is 1.64. The Balaban J connectivity index is 2.07. The van der Waals surface area contributed by atoms with Gasteiger partial charge in [0.1, 0.15) is 0 Å². The van der Waals surface area contributed by atoms with Crippen LogP contribution in [-0.4, -0.2) is 48.9 Å². The molecule has 1 aliphatic rings. The molecule has 92 valence electrons. The first-order valence-corrected chi connectivity index (χ1v) is 5.89. The molecule has 0 bridgehead atoms. The first-order valence-electron chi connectivity index (χ1n) is 5.89. The number of nitrogen functional groups attached to an aromatic ring is 1. The number of likely N-dealkylation sites (tertiary alicyclic amines) is 1. The number of anilines is 1. The van der Waals surface area contributed by atoms with Gasteiger partial charge >= 0.3 is 0 Å². The molecule has 4 nitrogen and oxygen atoms in total. The lowest BCUT2D eigenvalue weighted by Crippen LogP contribution is -2.34. The molecule has 17 heavy (non-hydrogen) atoms. The van der Waals surface area contributed by atoms with E-state index in [0.29, 0.717) is 17.3 Å². The summed E-state index contributed by atoms with van der Waals surface area (Å²) in [4.78, 5) is 16.3. The number of hydrogen-bond acceptors (Lipinski definition) is 3. The Hall–Kier alpha value is -1.55. The van der Waals surface area contributed by atoms with Crippen LogP contribution in [0.1, 0.15) is 16.8 Å². The number of benzene rings is 1. The van der Waals surface area contributed by atoms with E-state index in [9.17, 15) is 4.79 Å². The van der Waals surface area contributed by atoms with Crippen LogP contribution in [0, 0.1) is 0 Å². The lowest BCUT2D eigenvalue weighted by Gasteiger charge is -2.20. The van der Waals surface area contributed by atoms with Crippen molar-refractivity contribution in [2.24, 2.45) is 0 Å². The van der Waals surface area contributed by atoms with E-state index in [2.05, 4.69) is 19.0 Å². The third-order valence-corrected chi connectivity index (χ3v) is 3.31. The highest BCUT2D eigenvalue weighted by atomic mass is 16.2. The van der Waals surface area contributed by atoms with Crippen molar-refractivity contribution in [1.29, 1.82) is 0 Å². The third kappa shape index (κ3) is 2.58. The number of nitrogens with zero attached hydrogens (tertiary/aromatic N) is 2. The lowest BCUT2D eigenvalue weighted by atomic mass is 10.2. The molecule has 0 spiro atoms. The summed E-state index contributed by atoms with van der Waals surface area (Å²) in [7, 11) is 4.11. The summed E-state index contributed by atoms with van der Waals surface area (Å²) in [5.74, 6) is 0.0849. The second-order valence-electron chi connectivity index (χ2n) is 4.78. The van der Waals surface area contributed by atoms with Gasteiger partial charge in [0.15, 0.2) is 0 Å². The maximum Gasteiger partial charge on any atom is 0.253 e. The van der Waals surface area contributed by atoms with E-state index in [0.717, 1.165) is 19.5 Å². The standard InChI is InChI=1S/C13H19N3O/c1-15(2)12-6-7-16(9-12)13(17)10-4-3-5-11(14)8-10/h3-5,8,12H,6-7,9,14H2,1-2H3. The molecule has 1 aromatic rings. The molecule has 4 heteroatoms. The Kier molecular flexibility index (Phi) is 3.33. The predicted molar refractivity (Wildman–Crippen MR) is 68.8 cm³/mol. The summed E-state index contributed by atoms with van der Waals surface area (Å²) >= 11 is 0. The monoisotopic (exact) mass is 233 g/mol. The van der Waals surface area contributed by atoms with Crippen LogP contribution in [0.15, 0.2) is 24.3 Å². The highest BCUT2D eigenvalue weighted by Crippen LogP contribution is 2.17. The Morgan fingerprint density at radius 3 is 2.82 bits per heavy atom. The van der Waals surface area contributed by atoms with Crippen molar-refractivity contribution in [2.45, 2.75) is 12.5 Å². The maximum atomic E-state index is 12.2. The van der Waals surface area contributed by atoms with E-state index in [-0.39, 0.29) is 5.91 Å². The topological polar surface area (TPSA) is 49.6 Å². The summed E-state index contributed by atoms with van der Waals surface area (Å²) in [5.41, 5.74) is 7.01. The average Bonchev–Trinajstić information content (AvgIpc) is 2.77. The van der Waals surface area contributed by atoms with Gasteiger partial charge in [0.25, 0.3) is 5.91 Å². The fourth-order valence-corrected chi connectivity index (χ4v) is 2.20. The highest BCUT2D eigenvalue weighted by Gasteiger charge is 2.27. The molecule has 2 rings (SSSR count). The number of nitrogens with two attached hydrogens (primary N) is 1. The van der Waals surface area contributed by atoms with Crippen LogP contribution in [0.3, 0.4) is 0 Å². The molecule has 0 radical (unpaired) electrons. The number of rotatable bonds is 2. The second-order valence-corrected chi connectivity index (χ2v) is 4.78. The van der Waals surface area contributed by atoms with Crippen LogP contribution in [0.25, 0.3) is 0 Å². The average molecular weight is 233 g/mol. The van der Waals surface area contributed by atoms with Gasteiger partial charge in [-0.25, -0.2) is 0 Å². The minimum absolute atomic E-state index is 0.0849. The van der Waals surface area contributed by atoms with Crippen LogP contribution in [-0.2, 0) is 0 Å². The quantitative estimate of drug-likeness (QED) is 0.777. The molecule has 0 aromatic heterocycles. The van der Waals surface area contributed by atoms with Gasteiger partial charge in [0.05, 0.1) is 0 Å². The van der Waals surface area contributed by atoms with Crippen LogP contribution in [0.5, 0.6) is 0 Å². The molecule has 1 saturated heterocycles. The van der Waals surface area contributed by atoms with Gasteiger partial charge in [-0.15, -0.1) is 0 Å². The predicted octanol–water partition coefficient (Wildman–Crippen LogP) is 1.04. The van der Waals surface area contributed by atoms with E-state index < -0.39 is 0 Å². The largest absolute Gasteiger partial charge is 0.399 e. The number of carbonyl (C=O) groups is 1. The molecule has 1 atom stereocenters. The Morgan fingerprint density at radius 1 is 1.47 bits per heavy atom. The van der Waals surface area contributed by atoms with Gasteiger partial charge in [-0.05, 0) is 38.7 Å². The molecule has 1 fully saturated rings. The molecule has 1 unspecified atom stereocenters. The number of amides is 1. The fraction of sp³-hybridized carbons (Fsp3) is 0.462. The molecule has 1 aliphatic heterocycles. The zero-order valence-electron chi connectivity index (χ0n) is 10.4. The zero-order valence-corrected chi connectivity index (χ0v) is 10.4. The summed E-state index contributed by atoms with van der Waals surface area (Å²) in [5, 5.41) is 0. The minimum atomic E-state index is 0.0849. The molecular weight excluding hydrogens is 214 g/mol. The van der Waals surface area contributed by atoms with Crippen LogP contribution < -0.4 is 5.73 Å². The van der Waals surface area contributed by atoms with E-state index in [1.54, 1.807) is 12.1 Å². The van der Waals surface area contributed by atoms with Gasteiger partial charge in [0, 0.05) is 30.4 Å². The molecule has 0 aliphatic carbocycles. The maximum absolute atomic E-state index is 12.2. The smallest absolute Gasteiger partial charge is 0.253 e.